The van der Waals surface area contributed by atoms with Gasteiger partial charge < -0.3 is 4.74 Å². The smallest absolute Gasteiger partial charge is 0.384 e. The van der Waals surface area contributed by atoms with Crippen molar-refractivity contribution in [1.29, 1.82) is 0 Å². The summed E-state index contributed by atoms with van der Waals surface area (Å²) in [5.41, 5.74) is -0.551. The summed E-state index contributed by atoms with van der Waals surface area (Å²) in [5.74, 6) is -3.33. The van der Waals surface area contributed by atoms with Crippen molar-refractivity contribution in [1.82, 2.24) is 0 Å². The van der Waals surface area contributed by atoms with Crippen molar-refractivity contribution < 1.29 is 19.1 Å². The summed E-state index contributed by atoms with van der Waals surface area (Å²) in [5, 5.41) is 0. The van der Waals surface area contributed by atoms with Gasteiger partial charge >= 0.3 is 5.97 Å². The Kier molecular flexibility index (Phi) is 2.66. The van der Waals surface area contributed by atoms with Gasteiger partial charge in [0.15, 0.2) is 0 Å². The standard InChI is InChI=1S/C6HCl3O4/c7-6(8,9)4(11)2-1-13-5(12)3(2)10/h1H. The van der Waals surface area contributed by atoms with E-state index in [2.05, 4.69) is 4.74 Å². The minimum absolute atomic E-state index is 0.551. The highest BCUT2D eigenvalue weighted by molar-refractivity contribution is 6.79. The quantitative estimate of drug-likeness (QED) is 0.297. The Hall–Kier alpha value is -0.580. The average molecular weight is 243 g/mol. The van der Waals surface area contributed by atoms with Crippen molar-refractivity contribution in [2.24, 2.45) is 0 Å². The lowest BCUT2D eigenvalue weighted by atomic mass is 10.1. The van der Waals surface area contributed by atoms with Crippen molar-refractivity contribution in [3.05, 3.63) is 11.8 Å². The molecule has 0 atom stereocenters. The molecule has 0 N–H and O–H groups in total. The molecular formula is C6HCl3O4. The summed E-state index contributed by atoms with van der Waals surface area (Å²) in [4.78, 5) is 32.5. The fourth-order valence-electron chi connectivity index (χ4n) is 0.639. The molecule has 13 heavy (non-hydrogen) atoms. The van der Waals surface area contributed by atoms with E-state index in [4.69, 9.17) is 34.8 Å². The number of Topliss-reactive ketones (excluding diaryl/α,β-unsaturated/α-hetero) is 2. The van der Waals surface area contributed by atoms with Gasteiger partial charge in [-0.25, -0.2) is 4.79 Å². The second-order valence-corrected chi connectivity index (χ2v) is 4.37. The Morgan fingerprint density at radius 3 is 2.15 bits per heavy atom. The van der Waals surface area contributed by atoms with E-state index in [9.17, 15) is 14.4 Å². The zero-order chi connectivity index (χ0) is 10.2. The van der Waals surface area contributed by atoms with E-state index in [0.29, 0.717) is 6.26 Å². The molecule has 0 aromatic heterocycles. The average Bonchev–Trinajstić information content (AvgIpc) is 2.30. The highest BCUT2D eigenvalue weighted by atomic mass is 35.6. The molecule has 0 bridgehead atoms. The number of esters is 1. The van der Waals surface area contributed by atoms with Crippen LogP contribution in [-0.2, 0) is 19.1 Å². The number of carbonyl (C=O) groups is 3. The van der Waals surface area contributed by atoms with Crippen LogP contribution in [0.1, 0.15) is 0 Å². The van der Waals surface area contributed by atoms with E-state index in [1.165, 1.54) is 0 Å². The molecule has 0 aromatic carbocycles. The summed E-state index contributed by atoms with van der Waals surface area (Å²) in [6, 6.07) is 0. The van der Waals surface area contributed by atoms with E-state index in [0.717, 1.165) is 0 Å². The van der Waals surface area contributed by atoms with Crippen LogP contribution >= 0.6 is 34.8 Å². The minimum Gasteiger partial charge on any atom is -0.428 e. The van der Waals surface area contributed by atoms with Gasteiger partial charge in [-0.15, -0.1) is 0 Å². The molecule has 1 aliphatic heterocycles. The molecule has 1 heterocycles. The normalized spacial score (nSPS) is 17.0. The highest BCUT2D eigenvalue weighted by Gasteiger charge is 2.41. The van der Waals surface area contributed by atoms with Crippen molar-refractivity contribution in [3.63, 3.8) is 0 Å². The highest BCUT2D eigenvalue weighted by Crippen LogP contribution is 2.31. The fraction of sp³-hybridized carbons (Fsp3) is 0.167. The van der Waals surface area contributed by atoms with Crippen LogP contribution in [-0.4, -0.2) is 21.3 Å². The second-order valence-electron chi connectivity index (χ2n) is 2.09. The predicted octanol–water partition coefficient (Wildman–Crippen LogP) is 0.935. The molecule has 0 amide bonds. The molecule has 4 nitrogen and oxygen atoms in total. The van der Waals surface area contributed by atoms with Gasteiger partial charge in [-0.05, 0) is 0 Å². The van der Waals surface area contributed by atoms with Gasteiger partial charge in [-0.1, -0.05) is 34.8 Å². The lowest BCUT2D eigenvalue weighted by Crippen LogP contribution is -2.25. The molecule has 0 saturated heterocycles. The Morgan fingerprint density at radius 1 is 1.31 bits per heavy atom. The van der Waals surface area contributed by atoms with E-state index < -0.39 is 26.9 Å². The third-order valence-corrected chi connectivity index (χ3v) is 1.73. The molecule has 0 spiro atoms. The van der Waals surface area contributed by atoms with Crippen molar-refractivity contribution >= 4 is 52.3 Å². The first-order valence-corrected chi connectivity index (χ1v) is 4.04. The SMILES string of the molecule is O=C1OC=C(C(=O)C(Cl)(Cl)Cl)C1=O. The van der Waals surface area contributed by atoms with Gasteiger partial charge in [0.2, 0.25) is 5.78 Å². The number of hydrogen-bond donors (Lipinski definition) is 0. The number of carbonyl (C=O) groups excluding carboxylic acids is 3. The second kappa shape index (κ2) is 3.29. The Balaban J connectivity index is 2.94. The Labute approximate surface area is 87.4 Å². The van der Waals surface area contributed by atoms with E-state index in [1.54, 1.807) is 0 Å². The molecule has 0 saturated carbocycles. The predicted molar refractivity (Wildman–Crippen MR) is 44.5 cm³/mol. The first-order valence-electron chi connectivity index (χ1n) is 2.91. The summed E-state index contributed by atoms with van der Waals surface area (Å²) in [7, 11) is 0. The topological polar surface area (TPSA) is 60.4 Å². The maximum absolute atomic E-state index is 11.1. The summed E-state index contributed by atoms with van der Waals surface area (Å²) >= 11 is 15.6. The van der Waals surface area contributed by atoms with Crippen LogP contribution in [0.25, 0.3) is 0 Å². The fourth-order valence-corrected chi connectivity index (χ4v) is 0.944. The van der Waals surface area contributed by atoms with E-state index in [1.807, 2.05) is 0 Å². The van der Waals surface area contributed by atoms with Crippen LogP contribution in [0.3, 0.4) is 0 Å². The van der Waals surface area contributed by atoms with Crippen LogP contribution in [0.15, 0.2) is 11.8 Å². The minimum atomic E-state index is -2.25. The van der Waals surface area contributed by atoms with Crippen LogP contribution in [0.5, 0.6) is 0 Å². The summed E-state index contributed by atoms with van der Waals surface area (Å²) in [6.07, 6.45) is 0.675. The van der Waals surface area contributed by atoms with Crippen molar-refractivity contribution in [2.45, 2.75) is 3.79 Å². The number of rotatable bonds is 1. The van der Waals surface area contributed by atoms with Crippen molar-refractivity contribution in [3.8, 4) is 0 Å². The molecule has 1 aliphatic rings. The number of cyclic esters (lactones) is 1. The van der Waals surface area contributed by atoms with Crippen LogP contribution in [0.2, 0.25) is 0 Å². The van der Waals surface area contributed by atoms with Gasteiger partial charge in [0.25, 0.3) is 9.58 Å². The molecule has 0 fully saturated rings. The maximum atomic E-state index is 11.1. The number of ketones is 2. The van der Waals surface area contributed by atoms with E-state index >= 15 is 0 Å². The molecule has 0 aromatic rings. The van der Waals surface area contributed by atoms with Crippen LogP contribution in [0, 0.1) is 0 Å². The third kappa shape index (κ3) is 2.02. The van der Waals surface area contributed by atoms with Gasteiger partial charge in [-0.3, -0.25) is 9.59 Å². The molecule has 0 aliphatic carbocycles. The molecule has 0 radical (unpaired) electrons. The first-order chi connectivity index (χ1) is 5.84. The third-order valence-electron chi connectivity index (χ3n) is 1.22. The van der Waals surface area contributed by atoms with Gasteiger partial charge in [-0.2, -0.15) is 0 Å². The largest absolute Gasteiger partial charge is 0.428 e. The summed E-state index contributed by atoms with van der Waals surface area (Å²) in [6.45, 7) is 0. The molecule has 0 unspecified atom stereocenters. The number of hydrogen-bond acceptors (Lipinski definition) is 4. The number of alkyl halides is 3. The first kappa shape index (κ1) is 10.5. The zero-order valence-electron chi connectivity index (χ0n) is 5.84. The molecule has 7 heteroatoms. The van der Waals surface area contributed by atoms with Crippen LogP contribution in [0.4, 0.5) is 0 Å². The number of halogens is 3. The molecule has 1 rings (SSSR count). The van der Waals surface area contributed by atoms with E-state index in [-0.39, 0.29) is 0 Å². The van der Waals surface area contributed by atoms with Gasteiger partial charge in [0, 0.05) is 0 Å². The number of ether oxygens (including phenoxy) is 1. The zero-order valence-corrected chi connectivity index (χ0v) is 8.11. The van der Waals surface area contributed by atoms with Gasteiger partial charge in [0.05, 0.1) is 0 Å². The lowest BCUT2D eigenvalue weighted by Gasteiger charge is -2.06. The monoisotopic (exact) mass is 242 g/mol. The van der Waals surface area contributed by atoms with Crippen molar-refractivity contribution in [2.75, 3.05) is 0 Å². The maximum Gasteiger partial charge on any atom is 0.384 e. The Morgan fingerprint density at radius 2 is 1.85 bits per heavy atom. The van der Waals surface area contributed by atoms with Gasteiger partial charge in [0.1, 0.15) is 11.8 Å². The lowest BCUT2D eigenvalue weighted by molar-refractivity contribution is -0.145. The molecular weight excluding hydrogens is 242 g/mol. The Bertz CT molecular complexity index is 325. The van der Waals surface area contributed by atoms with Crippen LogP contribution < -0.4 is 0 Å². The molecule has 70 valence electrons. The summed E-state index contributed by atoms with van der Waals surface area (Å²) < 4.78 is 1.89.